The third-order valence-electron chi connectivity index (χ3n) is 2.91. The summed E-state index contributed by atoms with van der Waals surface area (Å²) in [6.07, 6.45) is 0.148. The fourth-order valence-electron chi connectivity index (χ4n) is 1.94. The molecular formula is C11H20N4OS. The van der Waals surface area contributed by atoms with Crippen LogP contribution in [-0.4, -0.2) is 52.5 Å². The monoisotopic (exact) mass is 256 g/mol. The minimum absolute atomic E-state index is 0.148. The third-order valence-corrected chi connectivity index (χ3v) is 3.41. The van der Waals surface area contributed by atoms with E-state index in [9.17, 15) is 0 Å². The van der Waals surface area contributed by atoms with Crippen molar-refractivity contribution in [1.29, 1.82) is 0 Å². The first-order chi connectivity index (χ1) is 8.20. The summed E-state index contributed by atoms with van der Waals surface area (Å²) in [5, 5.41) is 0. The molecule has 2 heterocycles. The van der Waals surface area contributed by atoms with Gasteiger partial charge in [0.1, 0.15) is 0 Å². The highest BCUT2D eigenvalue weighted by molar-refractivity contribution is 6.99. The molecule has 1 saturated heterocycles. The van der Waals surface area contributed by atoms with Crippen molar-refractivity contribution in [1.82, 2.24) is 13.6 Å². The molecule has 0 spiro atoms. The van der Waals surface area contributed by atoms with Crippen molar-refractivity contribution in [2.45, 2.75) is 26.9 Å². The van der Waals surface area contributed by atoms with Gasteiger partial charge in [0.05, 0.1) is 17.8 Å². The van der Waals surface area contributed by atoms with Gasteiger partial charge in [-0.25, -0.2) is 0 Å². The average Bonchev–Trinajstić information content (AvgIpc) is 2.76. The van der Waals surface area contributed by atoms with E-state index >= 15 is 0 Å². The van der Waals surface area contributed by atoms with Crippen molar-refractivity contribution in [2.24, 2.45) is 0 Å². The van der Waals surface area contributed by atoms with E-state index in [0.29, 0.717) is 5.88 Å². The molecule has 1 aromatic heterocycles. The van der Waals surface area contributed by atoms with Crippen LogP contribution in [0.5, 0.6) is 5.88 Å². The maximum atomic E-state index is 5.67. The quantitative estimate of drug-likeness (QED) is 0.816. The van der Waals surface area contributed by atoms with Crippen molar-refractivity contribution in [3.8, 4) is 5.88 Å². The summed E-state index contributed by atoms with van der Waals surface area (Å²) in [6.45, 7) is 11.5. The second-order valence-corrected chi connectivity index (χ2v) is 5.01. The molecule has 0 N–H and O–H groups in total. The maximum absolute atomic E-state index is 5.67. The summed E-state index contributed by atoms with van der Waals surface area (Å²) >= 11 is 1.23. The predicted octanol–water partition coefficient (Wildman–Crippen LogP) is 1.47. The largest absolute Gasteiger partial charge is 0.472 e. The molecule has 1 aliphatic heterocycles. The van der Waals surface area contributed by atoms with E-state index in [2.05, 4.69) is 25.5 Å². The summed E-state index contributed by atoms with van der Waals surface area (Å²) in [7, 11) is 0. The Labute approximate surface area is 107 Å². The van der Waals surface area contributed by atoms with Crippen molar-refractivity contribution in [2.75, 3.05) is 37.6 Å². The lowest BCUT2D eigenvalue weighted by molar-refractivity contribution is 0.232. The first-order valence-electron chi connectivity index (χ1n) is 6.17. The Morgan fingerprint density at radius 3 is 2.53 bits per heavy atom. The molecule has 0 atom stereocenters. The zero-order valence-corrected chi connectivity index (χ0v) is 11.5. The van der Waals surface area contributed by atoms with Crippen LogP contribution in [0.25, 0.3) is 0 Å². The van der Waals surface area contributed by atoms with Crippen molar-refractivity contribution in [3.05, 3.63) is 0 Å². The van der Waals surface area contributed by atoms with Crippen LogP contribution < -0.4 is 9.64 Å². The molecule has 0 unspecified atom stereocenters. The van der Waals surface area contributed by atoms with E-state index in [1.165, 1.54) is 11.7 Å². The molecule has 2 rings (SSSR count). The zero-order valence-electron chi connectivity index (χ0n) is 10.7. The fourth-order valence-corrected chi connectivity index (χ4v) is 2.45. The molecule has 1 fully saturated rings. The molecule has 6 heteroatoms. The van der Waals surface area contributed by atoms with Gasteiger partial charge in [0.25, 0.3) is 5.88 Å². The second-order valence-electron chi connectivity index (χ2n) is 4.48. The number of hydrogen-bond donors (Lipinski definition) is 0. The van der Waals surface area contributed by atoms with E-state index < -0.39 is 0 Å². The average molecular weight is 256 g/mol. The molecular weight excluding hydrogens is 236 g/mol. The van der Waals surface area contributed by atoms with E-state index in [-0.39, 0.29) is 6.10 Å². The van der Waals surface area contributed by atoms with Crippen molar-refractivity contribution in [3.63, 3.8) is 0 Å². The SMILES string of the molecule is CCN1CCN(c2nsnc2OC(C)C)CC1. The van der Waals surface area contributed by atoms with Gasteiger partial charge in [-0.05, 0) is 20.4 Å². The summed E-state index contributed by atoms with van der Waals surface area (Å²) in [6, 6.07) is 0. The minimum Gasteiger partial charge on any atom is -0.472 e. The maximum Gasteiger partial charge on any atom is 0.271 e. The Balaban J connectivity index is 2.00. The molecule has 96 valence electrons. The van der Waals surface area contributed by atoms with E-state index in [0.717, 1.165) is 38.5 Å². The molecule has 0 saturated carbocycles. The number of likely N-dealkylation sites (N-methyl/N-ethyl adjacent to an activating group) is 1. The first kappa shape index (κ1) is 12.6. The van der Waals surface area contributed by atoms with Crippen LogP contribution in [-0.2, 0) is 0 Å². The lowest BCUT2D eigenvalue weighted by Gasteiger charge is -2.34. The van der Waals surface area contributed by atoms with Gasteiger partial charge in [-0.1, -0.05) is 6.92 Å². The highest BCUT2D eigenvalue weighted by atomic mass is 32.1. The number of hydrogen-bond acceptors (Lipinski definition) is 6. The molecule has 17 heavy (non-hydrogen) atoms. The highest BCUT2D eigenvalue weighted by Crippen LogP contribution is 2.27. The number of aromatic nitrogens is 2. The van der Waals surface area contributed by atoms with Crippen LogP contribution in [0.1, 0.15) is 20.8 Å². The summed E-state index contributed by atoms with van der Waals surface area (Å²) < 4.78 is 14.3. The van der Waals surface area contributed by atoms with Gasteiger partial charge >= 0.3 is 0 Å². The topological polar surface area (TPSA) is 41.5 Å². The Kier molecular flexibility index (Phi) is 4.17. The number of ether oxygens (including phenoxy) is 1. The Morgan fingerprint density at radius 1 is 1.24 bits per heavy atom. The Bertz CT molecular complexity index is 347. The van der Waals surface area contributed by atoms with Crippen molar-refractivity contribution >= 4 is 17.5 Å². The van der Waals surface area contributed by atoms with Gasteiger partial charge in [0, 0.05) is 26.2 Å². The zero-order chi connectivity index (χ0) is 12.3. The van der Waals surface area contributed by atoms with Crippen LogP contribution in [0.3, 0.4) is 0 Å². The Morgan fingerprint density at radius 2 is 1.94 bits per heavy atom. The molecule has 5 nitrogen and oxygen atoms in total. The molecule has 1 aliphatic rings. The van der Waals surface area contributed by atoms with E-state index in [1.54, 1.807) is 0 Å². The number of nitrogens with zero attached hydrogens (tertiary/aromatic N) is 4. The summed E-state index contributed by atoms with van der Waals surface area (Å²) in [4.78, 5) is 4.71. The van der Waals surface area contributed by atoms with Gasteiger partial charge in [0.2, 0.25) is 5.82 Å². The van der Waals surface area contributed by atoms with Crippen LogP contribution >= 0.6 is 11.7 Å². The number of rotatable bonds is 4. The molecule has 1 aromatic rings. The van der Waals surface area contributed by atoms with Crippen LogP contribution in [0, 0.1) is 0 Å². The molecule has 0 radical (unpaired) electrons. The first-order valence-corrected chi connectivity index (χ1v) is 6.90. The van der Waals surface area contributed by atoms with Crippen LogP contribution in [0.15, 0.2) is 0 Å². The molecule has 0 aliphatic carbocycles. The van der Waals surface area contributed by atoms with Crippen molar-refractivity contribution < 1.29 is 4.74 Å². The smallest absolute Gasteiger partial charge is 0.271 e. The number of piperazine rings is 1. The van der Waals surface area contributed by atoms with Gasteiger partial charge in [-0.2, -0.15) is 4.37 Å². The summed E-state index contributed by atoms with van der Waals surface area (Å²) in [5.74, 6) is 1.61. The van der Waals surface area contributed by atoms with Gasteiger partial charge in [-0.3, -0.25) is 0 Å². The standard InChI is InChI=1S/C11H20N4OS/c1-4-14-5-7-15(8-6-14)10-11(13-17-12-10)16-9(2)3/h9H,4-8H2,1-3H3. The van der Waals surface area contributed by atoms with E-state index in [4.69, 9.17) is 4.74 Å². The lowest BCUT2D eigenvalue weighted by Crippen LogP contribution is -2.46. The van der Waals surface area contributed by atoms with Gasteiger partial charge in [0.15, 0.2) is 0 Å². The normalized spacial score (nSPS) is 17.8. The van der Waals surface area contributed by atoms with Crippen LogP contribution in [0.2, 0.25) is 0 Å². The molecule has 0 bridgehead atoms. The predicted molar refractivity (Wildman–Crippen MR) is 70.0 cm³/mol. The minimum atomic E-state index is 0.148. The van der Waals surface area contributed by atoms with Gasteiger partial charge in [-0.15, -0.1) is 4.37 Å². The third kappa shape index (κ3) is 3.07. The second kappa shape index (κ2) is 5.64. The van der Waals surface area contributed by atoms with Crippen LogP contribution in [0.4, 0.5) is 5.82 Å². The summed E-state index contributed by atoms with van der Waals surface area (Å²) in [5.41, 5.74) is 0. The fraction of sp³-hybridized carbons (Fsp3) is 0.818. The van der Waals surface area contributed by atoms with E-state index in [1.807, 2.05) is 13.8 Å². The molecule has 0 amide bonds. The van der Waals surface area contributed by atoms with Gasteiger partial charge < -0.3 is 14.5 Å². The molecule has 0 aromatic carbocycles. The Hall–Kier alpha value is -0.880. The lowest BCUT2D eigenvalue weighted by atomic mass is 10.3. The number of anilines is 1. The highest BCUT2D eigenvalue weighted by Gasteiger charge is 2.22.